The predicted octanol–water partition coefficient (Wildman–Crippen LogP) is 5.00. The fourth-order valence-electron chi connectivity index (χ4n) is 2.49. The standard InChI is InChI=1S/C20H32O3/c1-12-13(2)17(21)16(20(7,8)9)10-15(12)14(3)18(22)23-11-19(4,5)6/h10,14,21H,11H2,1-9H3. The second-order valence-corrected chi connectivity index (χ2v) is 8.75. The van der Waals surface area contributed by atoms with Crippen LogP contribution in [0.3, 0.4) is 0 Å². The summed E-state index contributed by atoms with van der Waals surface area (Å²) < 4.78 is 5.47. The van der Waals surface area contributed by atoms with Gasteiger partial charge in [-0.25, -0.2) is 0 Å². The fourth-order valence-corrected chi connectivity index (χ4v) is 2.49. The van der Waals surface area contributed by atoms with Gasteiger partial charge < -0.3 is 9.84 Å². The molecule has 1 aromatic carbocycles. The molecular formula is C20H32O3. The summed E-state index contributed by atoms with van der Waals surface area (Å²) in [6.07, 6.45) is 0. The first kappa shape index (κ1) is 19.5. The Hall–Kier alpha value is -1.51. The van der Waals surface area contributed by atoms with Crippen LogP contribution in [-0.4, -0.2) is 17.7 Å². The molecule has 0 radical (unpaired) electrons. The van der Waals surface area contributed by atoms with E-state index in [0.29, 0.717) is 12.4 Å². The van der Waals surface area contributed by atoms with E-state index in [1.807, 2.05) is 47.6 Å². The molecule has 0 saturated heterocycles. The van der Waals surface area contributed by atoms with Crippen molar-refractivity contribution in [1.29, 1.82) is 0 Å². The third-order valence-electron chi connectivity index (χ3n) is 4.18. The van der Waals surface area contributed by atoms with Crippen molar-refractivity contribution < 1.29 is 14.6 Å². The van der Waals surface area contributed by atoms with Crippen molar-refractivity contribution >= 4 is 5.97 Å². The van der Waals surface area contributed by atoms with Gasteiger partial charge in [-0.1, -0.05) is 47.6 Å². The number of aromatic hydroxyl groups is 1. The number of ether oxygens (including phenoxy) is 1. The van der Waals surface area contributed by atoms with E-state index in [0.717, 1.165) is 22.3 Å². The second-order valence-electron chi connectivity index (χ2n) is 8.75. The summed E-state index contributed by atoms with van der Waals surface area (Å²) in [4.78, 5) is 12.4. The van der Waals surface area contributed by atoms with Gasteiger partial charge in [0.1, 0.15) is 5.75 Å². The quantitative estimate of drug-likeness (QED) is 0.797. The topological polar surface area (TPSA) is 46.5 Å². The lowest BCUT2D eigenvalue weighted by atomic mass is 9.80. The Kier molecular flexibility index (Phi) is 5.56. The predicted molar refractivity (Wildman–Crippen MR) is 95.1 cm³/mol. The maximum absolute atomic E-state index is 12.4. The van der Waals surface area contributed by atoms with Gasteiger partial charge in [-0.3, -0.25) is 4.79 Å². The minimum atomic E-state index is -0.349. The summed E-state index contributed by atoms with van der Waals surface area (Å²) in [5, 5.41) is 10.5. The van der Waals surface area contributed by atoms with Gasteiger partial charge in [0.25, 0.3) is 0 Å². The van der Waals surface area contributed by atoms with Crippen molar-refractivity contribution in [2.75, 3.05) is 6.61 Å². The number of benzene rings is 1. The molecular weight excluding hydrogens is 288 g/mol. The molecule has 0 aromatic heterocycles. The third-order valence-corrected chi connectivity index (χ3v) is 4.18. The lowest BCUT2D eigenvalue weighted by Crippen LogP contribution is -2.22. The van der Waals surface area contributed by atoms with Gasteiger partial charge in [0.05, 0.1) is 12.5 Å². The highest BCUT2D eigenvalue weighted by Gasteiger charge is 2.27. The number of hydrogen-bond acceptors (Lipinski definition) is 3. The van der Waals surface area contributed by atoms with E-state index in [9.17, 15) is 9.90 Å². The molecule has 0 aliphatic carbocycles. The Morgan fingerprint density at radius 1 is 1.13 bits per heavy atom. The van der Waals surface area contributed by atoms with Gasteiger partial charge in [-0.05, 0) is 53.9 Å². The van der Waals surface area contributed by atoms with Gasteiger partial charge in [0.2, 0.25) is 0 Å². The number of rotatable bonds is 3. The average Bonchev–Trinajstić information content (AvgIpc) is 2.39. The summed E-state index contributed by atoms with van der Waals surface area (Å²) in [6, 6.07) is 1.96. The Labute approximate surface area is 141 Å². The van der Waals surface area contributed by atoms with E-state index < -0.39 is 0 Å². The molecule has 0 aliphatic heterocycles. The lowest BCUT2D eigenvalue weighted by Gasteiger charge is -2.26. The second kappa shape index (κ2) is 6.54. The monoisotopic (exact) mass is 320 g/mol. The smallest absolute Gasteiger partial charge is 0.313 e. The van der Waals surface area contributed by atoms with Crippen molar-refractivity contribution in [2.45, 2.75) is 73.6 Å². The van der Waals surface area contributed by atoms with Crippen LogP contribution in [0.4, 0.5) is 0 Å². The van der Waals surface area contributed by atoms with Gasteiger partial charge in [-0.2, -0.15) is 0 Å². The largest absolute Gasteiger partial charge is 0.507 e. The van der Waals surface area contributed by atoms with Gasteiger partial charge in [0, 0.05) is 0 Å². The average molecular weight is 320 g/mol. The Bertz CT molecular complexity index is 586. The first-order valence-electron chi connectivity index (χ1n) is 8.26. The molecule has 0 fully saturated rings. The molecule has 0 saturated carbocycles. The third kappa shape index (κ3) is 4.73. The first-order valence-corrected chi connectivity index (χ1v) is 8.26. The molecule has 0 heterocycles. The first-order chi connectivity index (χ1) is 10.3. The minimum absolute atomic E-state index is 0.0497. The highest BCUT2D eigenvalue weighted by atomic mass is 16.5. The van der Waals surface area contributed by atoms with Crippen LogP contribution in [0.5, 0.6) is 5.75 Å². The van der Waals surface area contributed by atoms with Crippen LogP contribution < -0.4 is 0 Å². The number of carbonyl (C=O) groups is 1. The molecule has 23 heavy (non-hydrogen) atoms. The molecule has 0 amide bonds. The Balaban J connectivity index is 3.22. The normalized spacial score (nSPS) is 13.8. The van der Waals surface area contributed by atoms with Crippen LogP contribution in [0, 0.1) is 19.3 Å². The molecule has 0 aliphatic rings. The molecule has 1 N–H and O–H groups in total. The highest BCUT2D eigenvalue weighted by molar-refractivity contribution is 5.79. The van der Waals surface area contributed by atoms with Crippen molar-refractivity contribution in [1.82, 2.24) is 0 Å². The van der Waals surface area contributed by atoms with Crippen LogP contribution in [-0.2, 0) is 14.9 Å². The molecule has 1 atom stereocenters. The van der Waals surface area contributed by atoms with Crippen molar-refractivity contribution in [2.24, 2.45) is 5.41 Å². The van der Waals surface area contributed by atoms with Crippen LogP contribution >= 0.6 is 0 Å². The number of hydrogen-bond donors (Lipinski definition) is 1. The highest BCUT2D eigenvalue weighted by Crippen LogP contribution is 2.38. The summed E-state index contributed by atoms with van der Waals surface area (Å²) in [5.41, 5.74) is 3.35. The summed E-state index contributed by atoms with van der Waals surface area (Å²) >= 11 is 0. The van der Waals surface area contributed by atoms with Crippen LogP contribution in [0.2, 0.25) is 0 Å². The minimum Gasteiger partial charge on any atom is -0.507 e. The molecule has 130 valence electrons. The lowest BCUT2D eigenvalue weighted by molar-refractivity contribution is -0.147. The van der Waals surface area contributed by atoms with Gasteiger partial charge >= 0.3 is 5.97 Å². The maximum Gasteiger partial charge on any atom is 0.313 e. The number of esters is 1. The van der Waals surface area contributed by atoms with E-state index >= 15 is 0 Å². The molecule has 0 spiro atoms. The van der Waals surface area contributed by atoms with E-state index in [1.165, 1.54) is 0 Å². The number of phenols is 1. The van der Waals surface area contributed by atoms with Gasteiger partial charge in [0.15, 0.2) is 0 Å². The maximum atomic E-state index is 12.4. The van der Waals surface area contributed by atoms with Crippen LogP contribution in [0.1, 0.15) is 76.6 Å². The molecule has 0 bridgehead atoms. The SMILES string of the molecule is Cc1c(C(C)C(=O)OCC(C)(C)C)cc(C(C)(C)C)c(O)c1C. The zero-order valence-corrected chi connectivity index (χ0v) is 16.1. The van der Waals surface area contributed by atoms with Crippen LogP contribution in [0.25, 0.3) is 0 Å². The zero-order chi connectivity index (χ0) is 18.2. The molecule has 3 nitrogen and oxygen atoms in total. The Morgan fingerprint density at radius 3 is 2.09 bits per heavy atom. The zero-order valence-electron chi connectivity index (χ0n) is 16.1. The van der Waals surface area contributed by atoms with E-state index in [4.69, 9.17) is 4.74 Å². The number of phenolic OH excluding ortho intramolecular Hbond substituents is 1. The van der Waals surface area contributed by atoms with Crippen molar-refractivity contribution in [3.05, 3.63) is 28.3 Å². The van der Waals surface area contributed by atoms with E-state index in [-0.39, 0.29) is 22.7 Å². The van der Waals surface area contributed by atoms with Crippen molar-refractivity contribution in [3.63, 3.8) is 0 Å². The molecule has 1 aromatic rings. The summed E-state index contributed by atoms with van der Waals surface area (Å²) in [7, 11) is 0. The van der Waals surface area contributed by atoms with Crippen LogP contribution in [0.15, 0.2) is 6.07 Å². The Morgan fingerprint density at radius 2 is 1.65 bits per heavy atom. The summed E-state index contributed by atoms with van der Waals surface area (Å²) in [5.74, 6) is -0.236. The molecule has 1 unspecified atom stereocenters. The van der Waals surface area contributed by atoms with Crippen molar-refractivity contribution in [3.8, 4) is 5.75 Å². The van der Waals surface area contributed by atoms with Gasteiger partial charge in [-0.15, -0.1) is 0 Å². The molecule has 3 heteroatoms. The number of carbonyl (C=O) groups excluding carboxylic acids is 1. The van der Waals surface area contributed by atoms with E-state index in [1.54, 1.807) is 0 Å². The van der Waals surface area contributed by atoms with E-state index in [2.05, 4.69) is 20.8 Å². The summed E-state index contributed by atoms with van der Waals surface area (Å²) in [6.45, 7) is 18.4. The molecule has 1 rings (SSSR count). The fraction of sp³-hybridized carbons (Fsp3) is 0.650.